The molecule has 3 heterocycles. The van der Waals surface area contributed by atoms with E-state index in [0.29, 0.717) is 25.7 Å². The topological polar surface area (TPSA) is 312 Å². The molecule has 19 heteroatoms. The molecule has 0 aromatic rings. The van der Waals surface area contributed by atoms with Crippen LogP contribution in [-0.4, -0.2) is 180 Å². The third kappa shape index (κ3) is 8.06. The van der Waals surface area contributed by atoms with Crippen LogP contribution in [0.1, 0.15) is 113 Å². The van der Waals surface area contributed by atoms with Gasteiger partial charge in [-0.05, 0) is 109 Å². The zero-order chi connectivity index (χ0) is 49.1. The maximum absolute atomic E-state index is 14.7. The molecule has 3 aliphatic heterocycles. The zero-order valence-electron chi connectivity index (χ0n) is 39.7. The lowest BCUT2D eigenvalue weighted by atomic mass is 9.33. The van der Waals surface area contributed by atoms with Crippen molar-refractivity contribution in [1.29, 1.82) is 0 Å². The summed E-state index contributed by atoms with van der Waals surface area (Å²) in [6, 6.07) is 0. The number of aliphatic hydroxyl groups is 10. The van der Waals surface area contributed by atoms with Gasteiger partial charge in [-0.3, -0.25) is 4.79 Å². The highest BCUT2D eigenvalue weighted by Gasteiger charge is 2.70. The molecule has 7 fully saturated rings. The van der Waals surface area contributed by atoms with Crippen molar-refractivity contribution in [2.75, 3.05) is 13.2 Å². The third-order valence-corrected chi connectivity index (χ3v) is 19.3. The molecule has 3 saturated heterocycles. The van der Waals surface area contributed by atoms with Gasteiger partial charge in [-0.25, -0.2) is 4.79 Å². The van der Waals surface area contributed by atoms with Gasteiger partial charge in [0.1, 0.15) is 67.1 Å². The van der Waals surface area contributed by atoms with Gasteiger partial charge in [0.2, 0.25) is 6.29 Å². The molecule has 0 amide bonds. The monoisotopic (exact) mass is 956 g/mol. The average Bonchev–Trinajstić information content (AvgIpc) is 3.26. The highest BCUT2D eigenvalue weighted by atomic mass is 16.8. The Morgan fingerprint density at radius 3 is 1.85 bits per heavy atom. The van der Waals surface area contributed by atoms with Crippen molar-refractivity contribution in [3.63, 3.8) is 0 Å². The van der Waals surface area contributed by atoms with Gasteiger partial charge in [-0.2, -0.15) is 0 Å². The van der Waals surface area contributed by atoms with Crippen molar-refractivity contribution in [3.05, 3.63) is 11.6 Å². The third-order valence-electron chi connectivity index (χ3n) is 19.3. The van der Waals surface area contributed by atoms with Gasteiger partial charge in [0.15, 0.2) is 18.7 Å². The Balaban J connectivity index is 1.05. The molecule has 8 rings (SSSR count). The number of allylic oxidation sites excluding steroid dienone is 2. The van der Waals surface area contributed by atoms with E-state index in [9.17, 15) is 65.8 Å². The first-order valence-corrected chi connectivity index (χ1v) is 24.3. The van der Waals surface area contributed by atoms with Gasteiger partial charge in [-0.15, -0.1) is 0 Å². The van der Waals surface area contributed by atoms with Gasteiger partial charge in [0, 0.05) is 0 Å². The first-order valence-electron chi connectivity index (χ1n) is 24.3. The van der Waals surface area contributed by atoms with E-state index in [1.165, 1.54) is 5.57 Å². The number of ether oxygens (including phenoxy) is 6. The Kier molecular flexibility index (Phi) is 13.8. The molecule has 11 N–H and O–H groups in total. The summed E-state index contributed by atoms with van der Waals surface area (Å²) in [4.78, 5) is 27.0. The van der Waals surface area contributed by atoms with Crippen LogP contribution in [0, 0.1) is 50.2 Å². The van der Waals surface area contributed by atoms with Crippen LogP contribution in [0.25, 0.3) is 0 Å². The number of fused-ring (bicyclic) bond motifs is 7. The van der Waals surface area contributed by atoms with Crippen molar-refractivity contribution in [1.82, 2.24) is 0 Å². The first kappa shape index (κ1) is 51.4. The van der Waals surface area contributed by atoms with Crippen LogP contribution >= 0.6 is 0 Å². The molecule has 0 spiro atoms. The molecule has 5 aliphatic carbocycles. The fourth-order valence-corrected chi connectivity index (χ4v) is 15.0. The van der Waals surface area contributed by atoms with Gasteiger partial charge in [-0.1, -0.05) is 60.1 Å². The van der Waals surface area contributed by atoms with Crippen molar-refractivity contribution in [2.24, 2.45) is 50.2 Å². The number of carboxylic acids is 1. The minimum Gasteiger partial charge on any atom is -0.479 e. The van der Waals surface area contributed by atoms with E-state index >= 15 is 0 Å². The Labute approximate surface area is 391 Å². The number of esters is 1. The maximum Gasteiger partial charge on any atom is 0.335 e. The summed E-state index contributed by atoms with van der Waals surface area (Å²) in [7, 11) is 0. The normalized spacial score (nSPS) is 52.6. The Morgan fingerprint density at radius 1 is 0.642 bits per heavy atom. The Morgan fingerprint density at radius 2 is 1.24 bits per heavy atom. The standard InChI is InChI=1S/C48H76O19/c1-43(2)14-16-48(42(61)67-40-35(58)31(54)29(52)24(20-50)63-40)17-15-46(6)21(22(48)18-43)8-9-26-45(5)12-11-27(44(3,4)25(45)10-13-47(26,46)7)64-41-37(33(56)32(55)36(65-41)38(59)60)66-39-34(57)30(53)28(51)23(19-49)62-39/h8,22-37,39-41,49-58H,9-20H2,1-7H3,(H,59,60)/t22-,23+,24+,25-,26?,27-,28+,29+,30-,31-,32-,33-,34+,35+,36-,37+,39-,40-,41+,45-,46+,47+,48-/m0/s1. The van der Waals surface area contributed by atoms with Crippen LogP contribution in [0.5, 0.6) is 0 Å². The molecule has 0 aromatic carbocycles. The quantitative estimate of drug-likeness (QED) is 0.0838. The van der Waals surface area contributed by atoms with E-state index in [0.717, 1.165) is 38.5 Å². The van der Waals surface area contributed by atoms with Gasteiger partial charge in [0.05, 0.1) is 24.7 Å². The second-order valence-electron chi connectivity index (χ2n) is 23.5. The number of carbonyl (C=O) groups is 2. The minimum absolute atomic E-state index is 0.0828. The summed E-state index contributed by atoms with van der Waals surface area (Å²) < 4.78 is 35.7. The molecule has 8 aliphatic rings. The summed E-state index contributed by atoms with van der Waals surface area (Å²) in [5.41, 5.74) is -1.05. The van der Waals surface area contributed by atoms with E-state index in [1.807, 2.05) is 0 Å². The number of carbonyl (C=O) groups excluding carboxylic acids is 1. The highest BCUT2D eigenvalue weighted by Crippen LogP contribution is 2.76. The lowest BCUT2D eigenvalue weighted by molar-refractivity contribution is -0.374. The molecule has 0 radical (unpaired) electrons. The molecule has 19 nitrogen and oxygen atoms in total. The summed E-state index contributed by atoms with van der Waals surface area (Å²) in [6.45, 7) is 14.4. The van der Waals surface area contributed by atoms with Crippen LogP contribution in [0.2, 0.25) is 0 Å². The summed E-state index contributed by atoms with van der Waals surface area (Å²) in [5, 5.41) is 115. The van der Waals surface area contributed by atoms with E-state index in [4.69, 9.17) is 28.4 Å². The molecule has 4 saturated carbocycles. The van der Waals surface area contributed by atoms with E-state index in [1.54, 1.807) is 0 Å². The molecule has 23 atom stereocenters. The number of aliphatic hydroxyl groups excluding tert-OH is 10. The van der Waals surface area contributed by atoms with Crippen LogP contribution < -0.4 is 0 Å². The maximum atomic E-state index is 14.7. The van der Waals surface area contributed by atoms with Crippen molar-refractivity contribution in [3.8, 4) is 0 Å². The molecule has 0 bridgehead atoms. The number of hydrogen-bond donors (Lipinski definition) is 11. The van der Waals surface area contributed by atoms with Crippen LogP contribution in [0.4, 0.5) is 0 Å². The van der Waals surface area contributed by atoms with Crippen LogP contribution in [0.3, 0.4) is 0 Å². The largest absolute Gasteiger partial charge is 0.479 e. The molecular formula is C48H76O19. The predicted molar refractivity (Wildman–Crippen MR) is 231 cm³/mol. The van der Waals surface area contributed by atoms with Crippen molar-refractivity contribution >= 4 is 11.9 Å². The minimum atomic E-state index is -1.98. The van der Waals surface area contributed by atoms with Crippen molar-refractivity contribution < 1.29 is 94.2 Å². The van der Waals surface area contributed by atoms with Gasteiger partial charge in [0.25, 0.3) is 0 Å². The second kappa shape index (κ2) is 18.0. The number of aliphatic carboxylic acids is 1. The van der Waals surface area contributed by atoms with Gasteiger partial charge >= 0.3 is 11.9 Å². The fraction of sp³-hybridized carbons (Fsp3) is 0.917. The fourth-order valence-electron chi connectivity index (χ4n) is 15.0. The average molecular weight is 957 g/mol. The summed E-state index contributed by atoms with van der Waals surface area (Å²) in [6.07, 6.45) is -16.4. The number of carboxylic acid groups (broad SMARTS) is 1. The lowest BCUT2D eigenvalue weighted by Gasteiger charge is -2.71. The van der Waals surface area contributed by atoms with Crippen molar-refractivity contribution in [2.45, 2.75) is 211 Å². The highest BCUT2D eigenvalue weighted by molar-refractivity contribution is 5.79. The Hall–Kier alpha value is -1.92. The molecule has 67 heavy (non-hydrogen) atoms. The first-order chi connectivity index (χ1) is 31.2. The lowest BCUT2D eigenvalue weighted by Crippen LogP contribution is -2.67. The van der Waals surface area contributed by atoms with E-state index in [2.05, 4.69) is 54.5 Å². The van der Waals surface area contributed by atoms with Gasteiger partial charge < -0.3 is 84.6 Å². The van der Waals surface area contributed by atoms with Crippen LogP contribution in [0.15, 0.2) is 11.6 Å². The molecule has 382 valence electrons. The summed E-state index contributed by atoms with van der Waals surface area (Å²) in [5.74, 6) is -1.94. The number of rotatable bonds is 9. The zero-order valence-corrected chi connectivity index (χ0v) is 39.7. The Bertz CT molecular complexity index is 1870. The predicted octanol–water partition coefficient (Wildman–Crippen LogP) is 0.233. The second-order valence-corrected chi connectivity index (χ2v) is 23.5. The van der Waals surface area contributed by atoms with Crippen LogP contribution in [-0.2, 0) is 38.0 Å². The molecular weight excluding hydrogens is 881 g/mol. The SMILES string of the molecule is CC1(C)CC[C@]2(C(=O)O[C@@H]3O[C@H](CO)[C@@H](O)[C@H](O)[C@H]3O)CC[C@]3(C)C(=CCC4[C@@]5(C)CC[C@H](O[C@@H]6O[C@H](C(=O)O)[C@@H](O)[C@H](O)[C@H]6O[C@@H]6O[C@H](CO)[C@@H](O)[C@H](O)[C@H]6O)C(C)(C)[C@@H]5CC[C@]43C)[C@@H]2C1. The smallest absolute Gasteiger partial charge is 0.335 e. The number of hydrogen-bond acceptors (Lipinski definition) is 18. The molecule has 1 unspecified atom stereocenters. The van der Waals surface area contributed by atoms with E-state index < -0.39 is 134 Å². The molecule has 0 aromatic heterocycles. The van der Waals surface area contributed by atoms with E-state index in [-0.39, 0.29) is 39.4 Å². The summed E-state index contributed by atoms with van der Waals surface area (Å²) >= 11 is 0.